The topological polar surface area (TPSA) is 76.4 Å². The predicted molar refractivity (Wildman–Crippen MR) is 62.3 cm³/mol. The quantitative estimate of drug-likeness (QED) is 0.354. The molecule has 0 radical (unpaired) electrons. The lowest BCUT2D eigenvalue weighted by molar-refractivity contribution is 0.313. The Kier molecular flexibility index (Phi) is 2.76. The summed E-state index contributed by atoms with van der Waals surface area (Å²) in [5.41, 5.74) is 7.55. The molecule has 1 aromatic carbocycles. The van der Waals surface area contributed by atoms with Crippen molar-refractivity contribution in [2.24, 2.45) is 16.8 Å². The molecule has 0 amide bonds. The van der Waals surface area contributed by atoms with Gasteiger partial charge in [0, 0.05) is 12.5 Å². The van der Waals surface area contributed by atoms with Crippen LogP contribution in [0.3, 0.4) is 0 Å². The Morgan fingerprint density at radius 2 is 2.31 bits per heavy atom. The molecule has 0 spiro atoms. The van der Waals surface area contributed by atoms with Crippen LogP contribution in [0.2, 0.25) is 0 Å². The van der Waals surface area contributed by atoms with Crippen LogP contribution in [0.4, 0.5) is 0 Å². The first-order chi connectivity index (χ1) is 7.72. The molecule has 2 aromatic rings. The number of oxime groups is 1. The van der Waals surface area contributed by atoms with E-state index in [0.29, 0.717) is 6.54 Å². The van der Waals surface area contributed by atoms with Crippen molar-refractivity contribution >= 4 is 16.9 Å². The van der Waals surface area contributed by atoms with Gasteiger partial charge >= 0.3 is 0 Å². The maximum atomic E-state index is 8.59. The molecule has 0 bridgehead atoms. The molecule has 0 aliphatic carbocycles. The van der Waals surface area contributed by atoms with E-state index in [0.717, 1.165) is 11.0 Å². The molecule has 0 saturated heterocycles. The molecule has 16 heavy (non-hydrogen) atoms. The highest BCUT2D eigenvalue weighted by molar-refractivity contribution is 5.82. The van der Waals surface area contributed by atoms with Gasteiger partial charge in [0.1, 0.15) is 5.84 Å². The van der Waals surface area contributed by atoms with Crippen molar-refractivity contribution < 1.29 is 5.21 Å². The number of rotatable bonds is 3. The third kappa shape index (κ3) is 1.84. The van der Waals surface area contributed by atoms with Crippen LogP contribution in [-0.2, 0) is 6.54 Å². The number of hydrogen-bond acceptors (Lipinski definition) is 3. The van der Waals surface area contributed by atoms with Crippen molar-refractivity contribution in [3.63, 3.8) is 0 Å². The van der Waals surface area contributed by atoms with E-state index in [-0.39, 0.29) is 11.8 Å². The Morgan fingerprint density at radius 3 is 3.06 bits per heavy atom. The van der Waals surface area contributed by atoms with Crippen molar-refractivity contribution in [3.05, 3.63) is 30.6 Å². The molecule has 1 atom stereocenters. The molecule has 5 nitrogen and oxygen atoms in total. The number of hydrogen-bond donors (Lipinski definition) is 2. The smallest absolute Gasteiger partial charge is 0.143 e. The predicted octanol–water partition coefficient (Wildman–Crippen LogP) is 1.42. The number of nitrogens with two attached hydrogens (primary N) is 1. The average Bonchev–Trinajstić information content (AvgIpc) is 2.72. The molecule has 1 aromatic heterocycles. The summed E-state index contributed by atoms with van der Waals surface area (Å²) in [7, 11) is 0. The summed E-state index contributed by atoms with van der Waals surface area (Å²) in [6, 6.07) is 7.88. The summed E-state index contributed by atoms with van der Waals surface area (Å²) in [6.45, 7) is 2.56. The first-order valence-corrected chi connectivity index (χ1v) is 5.09. The molecule has 2 rings (SSSR count). The second-order valence-corrected chi connectivity index (χ2v) is 3.81. The van der Waals surface area contributed by atoms with E-state index in [1.165, 1.54) is 0 Å². The highest BCUT2D eigenvalue weighted by atomic mass is 16.4. The third-order valence-electron chi connectivity index (χ3n) is 2.62. The zero-order chi connectivity index (χ0) is 11.5. The summed E-state index contributed by atoms with van der Waals surface area (Å²) >= 11 is 0. The number of imidazole rings is 1. The van der Waals surface area contributed by atoms with Crippen molar-refractivity contribution in [1.82, 2.24) is 9.55 Å². The maximum Gasteiger partial charge on any atom is 0.143 e. The number of fused-ring (bicyclic) bond motifs is 1. The molecule has 0 aliphatic heterocycles. The SMILES string of the molecule is CC(Cn1cnc2ccccc21)/C(N)=N/O. The van der Waals surface area contributed by atoms with Gasteiger partial charge in [-0.05, 0) is 12.1 Å². The highest BCUT2D eigenvalue weighted by Crippen LogP contribution is 2.13. The normalized spacial score (nSPS) is 14.2. The van der Waals surface area contributed by atoms with Gasteiger partial charge in [-0.2, -0.15) is 0 Å². The Hall–Kier alpha value is -2.04. The summed E-state index contributed by atoms with van der Waals surface area (Å²) in [5.74, 6) is 0.209. The van der Waals surface area contributed by atoms with Gasteiger partial charge in [0.2, 0.25) is 0 Å². The summed E-state index contributed by atoms with van der Waals surface area (Å²) in [5, 5.41) is 11.6. The Labute approximate surface area is 93.2 Å². The van der Waals surface area contributed by atoms with Crippen molar-refractivity contribution in [3.8, 4) is 0 Å². The van der Waals surface area contributed by atoms with Gasteiger partial charge in [0.15, 0.2) is 0 Å². The van der Waals surface area contributed by atoms with E-state index in [1.807, 2.05) is 35.8 Å². The summed E-state index contributed by atoms with van der Waals surface area (Å²) < 4.78 is 2.00. The molecule has 0 aliphatic rings. The molecule has 1 heterocycles. The number of para-hydroxylation sites is 2. The van der Waals surface area contributed by atoms with Gasteiger partial charge in [0.25, 0.3) is 0 Å². The van der Waals surface area contributed by atoms with Gasteiger partial charge in [-0.15, -0.1) is 0 Å². The summed E-state index contributed by atoms with van der Waals surface area (Å²) in [4.78, 5) is 4.28. The lowest BCUT2D eigenvalue weighted by Gasteiger charge is -2.10. The standard InChI is InChI=1S/C11H14N4O/c1-8(11(12)14-16)6-15-7-13-9-4-2-3-5-10(9)15/h2-5,7-8,16H,6H2,1H3,(H2,12,14). The molecule has 0 fully saturated rings. The Morgan fingerprint density at radius 1 is 1.56 bits per heavy atom. The molecular weight excluding hydrogens is 204 g/mol. The van der Waals surface area contributed by atoms with Crippen molar-refractivity contribution in [2.45, 2.75) is 13.5 Å². The molecule has 5 heteroatoms. The largest absolute Gasteiger partial charge is 0.409 e. The van der Waals surface area contributed by atoms with Crippen molar-refractivity contribution in [1.29, 1.82) is 0 Å². The van der Waals surface area contributed by atoms with E-state index in [4.69, 9.17) is 10.9 Å². The van der Waals surface area contributed by atoms with E-state index in [1.54, 1.807) is 6.33 Å². The maximum absolute atomic E-state index is 8.59. The van der Waals surface area contributed by atoms with Crippen LogP contribution in [0.1, 0.15) is 6.92 Å². The van der Waals surface area contributed by atoms with Crippen LogP contribution in [-0.4, -0.2) is 20.6 Å². The van der Waals surface area contributed by atoms with Gasteiger partial charge in [-0.25, -0.2) is 4.98 Å². The molecule has 0 saturated carbocycles. The number of nitrogens with zero attached hydrogens (tertiary/aromatic N) is 3. The van der Waals surface area contributed by atoms with Gasteiger partial charge < -0.3 is 15.5 Å². The highest BCUT2D eigenvalue weighted by Gasteiger charge is 2.10. The number of benzene rings is 1. The summed E-state index contributed by atoms with van der Waals surface area (Å²) in [6.07, 6.45) is 1.77. The van der Waals surface area contributed by atoms with Crippen molar-refractivity contribution in [2.75, 3.05) is 0 Å². The minimum absolute atomic E-state index is 0.0254. The fourth-order valence-electron chi connectivity index (χ4n) is 1.64. The molecular formula is C11H14N4O. The van der Waals surface area contributed by atoms with Gasteiger partial charge in [-0.3, -0.25) is 0 Å². The van der Waals surface area contributed by atoms with Crippen LogP contribution >= 0.6 is 0 Å². The van der Waals surface area contributed by atoms with Gasteiger partial charge in [-0.1, -0.05) is 24.2 Å². The number of aromatic nitrogens is 2. The monoisotopic (exact) mass is 218 g/mol. The van der Waals surface area contributed by atoms with E-state index in [9.17, 15) is 0 Å². The van der Waals surface area contributed by atoms with E-state index < -0.39 is 0 Å². The molecule has 84 valence electrons. The van der Waals surface area contributed by atoms with Crippen LogP contribution in [0.15, 0.2) is 35.7 Å². The van der Waals surface area contributed by atoms with E-state index in [2.05, 4.69) is 10.1 Å². The zero-order valence-corrected chi connectivity index (χ0v) is 9.04. The lowest BCUT2D eigenvalue weighted by Crippen LogP contribution is -2.25. The first kappa shape index (κ1) is 10.5. The first-order valence-electron chi connectivity index (χ1n) is 5.09. The van der Waals surface area contributed by atoms with Crippen LogP contribution in [0, 0.1) is 5.92 Å². The second kappa shape index (κ2) is 4.22. The van der Waals surface area contributed by atoms with Crippen LogP contribution < -0.4 is 5.73 Å². The minimum atomic E-state index is -0.0254. The Bertz CT molecular complexity index is 517. The van der Waals surface area contributed by atoms with Crippen LogP contribution in [0.5, 0.6) is 0 Å². The fourth-order valence-corrected chi connectivity index (χ4v) is 1.64. The zero-order valence-electron chi connectivity index (χ0n) is 9.04. The minimum Gasteiger partial charge on any atom is -0.409 e. The molecule has 3 N–H and O–H groups in total. The second-order valence-electron chi connectivity index (χ2n) is 3.81. The number of amidine groups is 1. The lowest BCUT2D eigenvalue weighted by atomic mass is 10.1. The average molecular weight is 218 g/mol. The fraction of sp³-hybridized carbons (Fsp3) is 0.273. The third-order valence-corrected chi connectivity index (χ3v) is 2.62. The van der Waals surface area contributed by atoms with E-state index >= 15 is 0 Å². The Balaban J connectivity index is 2.28. The van der Waals surface area contributed by atoms with Crippen LogP contribution in [0.25, 0.3) is 11.0 Å². The molecule has 1 unspecified atom stereocenters. The van der Waals surface area contributed by atoms with Gasteiger partial charge in [0.05, 0.1) is 17.4 Å².